The van der Waals surface area contributed by atoms with Gasteiger partial charge in [-0.2, -0.15) is 0 Å². The lowest BCUT2D eigenvalue weighted by Crippen LogP contribution is -2.54. The lowest BCUT2D eigenvalue weighted by Gasteiger charge is -2.27. The molecule has 0 unspecified atom stereocenters. The van der Waals surface area contributed by atoms with Gasteiger partial charge in [0.15, 0.2) is 11.5 Å². The second kappa shape index (κ2) is 8.59. The fourth-order valence-electron chi connectivity index (χ4n) is 3.25. The van der Waals surface area contributed by atoms with Crippen LogP contribution in [-0.2, 0) is 9.59 Å². The number of anilines is 1. The average Bonchev–Trinajstić information content (AvgIpc) is 2.66. The van der Waals surface area contributed by atoms with E-state index in [1.54, 1.807) is 24.3 Å². The summed E-state index contributed by atoms with van der Waals surface area (Å²) in [4.78, 5) is 38.8. The average molecular weight is 429 g/mol. The van der Waals surface area contributed by atoms with Gasteiger partial charge in [-0.1, -0.05) is 17.7 Å². The minimum Gasteiger partial charge on any atom is -0.493 e. The Balaban J connectivity index is 2.05. The maximum Gasteiger partial charge on any atom is 0.335 e. The van der Waals surface area contributed by atoms with Gasteiger partial charge in [0.1, 0.15) is 5.57 Å². The van der Waals surface area contributed by atoms with Crippen LogP contribution in [0.5, 0.6) is 11.5 Å². The lowest BCUT2D eigenvalue weighted by molar-refractivity contribution is -0.122. The van der Waals surface area contributed by atoms with Gasteiger partial charge in [0.05, 0.1) is 24.4 Å². The zero-order valence-electron chi connectivity index (χ0n) is 17.0. The van der Waals surface area contributed by atoms with Crippen molar-refractivity contribution in [1.29, 1.82) is 0 Å². The molecule has 1 aliphatic heterocycles. The Morgan fingerprint density at radius 2 is 1.73 bits per heavy atom. The van der Waals surface area contributed by atoms with E-state index in [4.69, 9.17) is 21.1 Å². The number of ether oxygens (including phenoxy) is 2. The molecular formula is C22H21ClN2O5. The molecule has 2 aromatic rings. The molecule has 3 rings (SSSR count). The van der Waals surface area contributed by atoms with Crippen molar-refractivity contribution in [3.05, 3.63) is 57.6 Å². The van der Waals surface area contributed by atoms with Gasteiger partial charge in [0.25, 0.3) is 11.8 Å². The summed E-state index contributed by atoms with van der Waals surface area (Å²) < 4.78 is 10.8. The molecule has 0 bridgehead atoms. The third kappa shape index (κ3) is 4.16. The molecule has 2 aromatic carbocycles. The van der Waals surface area contributed by atoms with Crippen LogP contribution >= 0.6 is 11.6 Å². The Morgan fingerprint density at radius 3 is 2.33 bits per heavy atom. The van der Waals surface area contributed by atoms with Crippen molar-refractivity contribution in [1.82, 2.24) is 5.32 Å². The molecule has 8 heteroatoms. The van der Waals surface area contributed by atoms with Gasteiger partial charge in [-0.3, -0.25) is 14.9 Å². The van der Waals surface area contributed by atoms with Gasteiger partial charge >= 0.3 is 6.03 Å². The van der Waals surface area contributed by atoms with Crippen molar-refractivity contribution in [2.24, 2.45) is 0 Å². The van der Waals surface area contributed by atoms with Crippen LogP contribution in [0.15, 0.2) is 35.9 Å². The zero-order valence-corrected chi connectivity index (χ0v) is 17.8. The maximum absolute atomic E-state index is 13.1. The second-order valence-corrected chi connectivity index (χ2v) is 7.18. The highest BCUT2D eigenvalue weighted by Crippen LogP contribution is 2.37. The summed E-state index contributed by atoms with van der Waals surface area (Å²) >= 11 is 6.28. The van der Waals surface area contributed by atoms with Crippen LogP contribution in [0.1, 0.15) is 23.6 Å². The molecule has 7 nitrogen and oxygen atoms in total. The van der Waals surface area contributed by atoms with E-state index in [0.29, 0.717) is 29.4 Å². The molecule has 1 saturated heterocycles. The number of methoxy groups -OCH3 is 1. The van der Waals surface area contributed by atoms with Crippen LogP contribution in [0, 0.1) is 13.8 Å². The first-order valence-electron chi connectivity index (χ1n) is 9.25. The number of rotatable bonds is 5. The van der Waals surface area contributed by atoms with E-state index in [0.717, 1.165) is 16.0 Å². The highest BCUT2D eigenvalue weighted by molar-refractivity contribution is 6.39. The molecule has 1 N–H and O–H groups in total. The van der Waals surface area contributed by atoms with Gasteiger partial charge in [-0.15, -0.1) is 0 Å². The number of carbonyl (C=O) groups excluding carboxylic acids is 3. The van der Waals surface area contributed by atoms with E-state index in [1.165, 1.54) is 13.2 Å². The molecule has 0 radical (unpaired) electrons. The molecule has 30 heavy (non-hydrogen) atoms. The minimum atomic E-state index is -0.797. The van der Waals surface area contributed by atoms with Crippen molar-refractivity contribution in [2.45, 2.75) is 20.8 Å². The Labute approximate surface area is 179 Å². The molecule has 0 aliphatic carbocycles. The molecular weight excluding hydrogens is 408 g/mol. The largest absolute Gasteiger partial charge is 0.493 e. The van der Waals surface area contributed by atoms with Crippen LogP contribution < -0.4 is 19.7 Å². The summed E-state index contributed by atoms with van der Waals surface area (Å²) in [6.45, 7) is 5.93. The van der Waals surface area contributed by atoms with Crippen LogP contribution in [-0.4, -0.2) is 31.6 Å². The molecule has 0 saturated carbocycles. The van der Waals surface area contributed by atoms with E-state index in [2.05, 4.69) is 5.32 Å². The smallest absolute Gasteiger partial charge is 0.335 e. The standard InChI is InChI=1S/C22H21ClN2O5/c1-5-30-19-17(23)10-14(11-18(19)29-4)9-16-20(26)24-22(28)25(21(16)27)15-7-12(2)6-13(3)8-15/h6-11H,5H2,1-4H3,(H,24,26,28)/b16-9-. The van der Waals surface area contributed by atoms with Gasteiger partial charge in [-0.25, -0.2) is 9.69 Å². The van der Waals surface area contributed by atoms with E-state index in [-0.39, 0.29) is 10.6 Å². The number of hydrogen-bond acceptors (Lipinski definition) is 5. The highest BCUT2D eigenvalue weighted by Gasteiger charge is 2.37. The summed E-state index contributed by atoms with van der Waals surface area (Å²) in [6.07, 6.45) is 1.36. The number of halogens is 1. The molecule has 156 valence electrons. The Hall–Kier alpha value is -3.32. The Morgan fingerprint density at radius 1 is 1.07 bits per heavy atom. The van der Waals surface area contributed by atoms with Crippen molar-refractivity contribution in [2.75, 3.05) is 18.6 Å². The number of barbiturate groups is 1. The summed E-state index contributed by atoms with van der Waals surface area (Å²) in [5.41, 5.74) is 2.41. The molecule has 1 heterocycles. The third-order valence-corrected chi connectivity index (χ3v) is 4.70. The monoisotopic (exact) mass is 428 g/mol. The predicted molar refractivity (Wildman–Crippen MR) is 114 cm³/mol. The topological polar surface area (TPSA) is 84.9 Å². The summed E-state index contributed by atoms with van der Waals surface area (Å²) in [5.74, 6) is -0.773. The Bertz CT molecular complexity index is 1060. The lowest BCUT2D eigenvalue weighted by atomic mass is 10.0. The zero-order chi connectivity index (χ0) is 22.0. The summed E-state index contributed by atoms with van der Waals surface area (Å²) in [6, 6.07) is 7.69. The number of nitrogens with one attached hydrogen (secondary N) is 1. The normalized spacial score (nSPS) is 15.4. The summed E-state index contributed by atoms with van der Waals surface area (Å²) in [5, 5.41) is 2.48. The Kier molecular flexibility index (Phi) is 6.12. The number of hydrogen-bond donors (Lipinski definition) is 1. The van der Waals surface area contributed by atoms with Gasteiger partial charge in [0, 0.05) is 0 Å². The highest BCUT2D eigenvalue weighted by atomic mass is 35.5. The molecule has 1 fully saturated rings. The van der Waals surface area contributed by atoms with Gasteiger partial charge < -0.3 is 9.47 Å². The number of benzene rings is 2. The van der Waals surface area contributed by atoms with Crippen molar-refractivity contribution < 1.29 is 23.9 Å². The predicted octanol–water partition coefficient (Wildman–Crippen LogP) is 4.03. The van der Waals surface area contributed by atoms with Crippen LogP contribution in [0.25, 0.3) is 6.08 Å². The van der Waals surface area contributed by atoms with Gasteiger partial charge in [-0.05, 0) is 67.8 Å². The van der Waals surface area contributed by atoms with E-state index < -0.39 is 17.8 Å². The number of urea groups is 1. The SMILES string of the molecule is CCOc1c(Cl)cc(/C=C2/C(=O)NC(=O)N(c3cc(C)cc(C)c3)C2=O)cc1OC. The molecule has 1 aliphatic rings. The van der Waals surface area contributed by atoms with E-state index >= 15 is 0 Å². The number of nitrogens with zero attached hydrogens (tertiary/aromatic N) is 1. The fraction of sp³-hybridized carbons (Fsp3) is 0.227. The molecule has 0 spiro atoms. The molecule has 0 atom stereocenters. The number of amides is 4. The van der Waals surface area contributed by atoms with Crippen LogP contribution in [0.2, 0.25) is 5.02 Å². The number of aryl methyl sites for hydroxylation is 2. The summed E-state index contributed by atoms with van der Waals surface area (Å²) in [7, 11) is 1.46. The second-order valence-electron chi connectivity index (χ2n) is 6.77. The first-order valence-corrected chi connectivity index (χ1v) is 9.63. The van der Waals surface area contributed by atoms with Crippen molar-refractivity contribution >= 4 is 41.2 Å². The van der Waals surface area contributed by atoms with Crippen molar-refractivity contribution in [3.63, 3.8) is 0 Å². The van der Waals surface area contributed by atoms with Crippen molar-refractivity contribution in [3.8, 4) is 11.5 Å². The molecule has 0 aromatic heterocycles. The third-order valence-electron chi connectivity index (χ3n) is 4.42. The van der Waals surface area contributed by atoms with Crippen LogP contribution in [0.3, 0.4) is 0 Å². The molecule has 4 amide bonds. The fourth-order valence-corrected chi connectivity index (χ4v) is 3.52. The quantitative estimate of drug-likeness (QED) is 0.574. The minimum absolute atomic E-state index is 0.198. The first kappa shape index (κ1) is 21.4. The number of carbonyl (C=O) groups is 3. The van der Waals surface area contributed by atoms with Gasteiger partial charge in [0.2, 0.25) is 0 Å². The van der Waals surface area contributed by atoms with E-state index in [1.807, 2.05) is 26.8 Å². The van der Waals surface area contributed by atoms with Crippen LogP contribution in [0.4, 0.5) is 10.5 Å². The van der Waals surface area contributed by atoms with E-state index in [9.17, 15) is 14.4 Å². The number of imide groups is 2. The maximum atomic E-state index is 13.1. The first-order chi connectivity index (χ1) is 14.2.